The molecule has 0 aliphatic carbocycles. The fourth-order valence-electron chi connectivity index (χ4n) is 2.19. The van der Waals surface area contributed by atoms with Crippen LogP contribution in [0.25, 0.3) is 10.8 Å². The van der Waals surface area contributed by atoms with E-state index in [-0.39, 0.29) is 16.6 Å². The standard InChI is InChI=1S/C18H27BrN2O2Si/c1-12(2)21-17(22)15-10-13(8-9-14(15)16(19)20-21)11-23-24(6,7)18(3,4)5/h8-10,12H,11H2,1-7H3. The van der Waals surface area contributed by atoms with Crippen LogP contribution < -0.4 is 5.56 Å². The molecular weight excluding hydrogens is 384 g/mol. The van der Waals surface area contributed by atoms with Gasteiger partial charge in [-0.2, -0.15) is 5.10 Å². The Balaban J connectivity index is 2.41. The SMILES string of the molecule is CC(C)n1nc(Br)c2ccc(CO[Si](C)(C)C(C)(C)C)cc2c1=O. The van der Waals surface area contributed by atoms with E-state index < -0.39 is 8.32 Å². The summed E-state index contributed by atoms with van der Waals surface area (Å²) in [4.78, 5) is 12.7. The van der Waals surface area contributed by atoms with Gasteiger partial charge in [0.1, 0.15) is 4.60 Å². The highest BCUT2D eigenvalue weighted by Crippen LogP contribution is 2.37. The van der Waals surface area contributed by atoms with Gasteiger partial charge in [-0.3, -0.25) is 4.79 Å². The van der Waals surface area contributed by atoms with Crippen molar-refractivity contribution in [3.8, 4) is 0 Å². The van der Waals surface area contributed by atoms with E-state index in [2.05, 4.69) is 54.9 Å². The lowest BCUT2D eigenvalue weighted by molar-refractivity contribution is 0.276. The number of nitrogens with zero attached hydrogens (tertiary/aromatic N) is 2. The number of hydrogen-bond acceptors (Lipinski definition) is 3. The quantitative estimate of drug-likeness (QED) is 0.645. The Kier molecular flexibility index (Phi) is 5.42. The molecule has 0 saturated carbocycles. The first-order valence-corrected chi connectivity index (χ1v) is 12.0. The molecule has 0 aliphatic heterocycles. The van der Waals surface area contributed by atoms with Crippen molar-refractivity contribution in [3.63, 3.8) is 0 Å². The van der Waals surface area contributed by atoms with Crippen LogP contribution in [0, 0.1) is 0 Å². The number of halogens is 1. The van der Waals surface area contributed by atoms with Crippen molar-refractivity contribution in [1.29, 1.82) is 0 Å². The summed E-state index contributed by atoms with van der Waals surface area (Å²) in [5, 5.41) is 6.03. The topological polar surface area (TPSA) is 44.1 Å². The van der Waals surface area contributed by atoms with Crippen LogP contribution in [0.5, 0.6) is 0 Å². The summed E-state index contributed by atoms with van der Waals surface area (Å²) in [5.41, 5.74) is 0.968. The number of hydrogen-bond donors (Lipinski definition) is 0. The van der Waals surface area contributed by atoms with Gasteiger partial charge in [-0.1, -0.05) is 32.9 Å². The van der Waals surface area contributed by atoms with Gasteiger partial charge >= 0.3 is 0 Å². The molecule has 4 nitrogen and oxygen atoms in total. The molecule has 6 heteroatoms. The summed E-state index contributed by atoms with van der Waals surface area (Å²) in [6, 6.07) is 5.92. The van der Waals surface area contributed by atoms with E-state index in [0.717, 1.165) is 10.9 Å². The van der Waals surface area contributed by atoms with Crippen molar-refractivity contribution in [3.05, 3.63) is 38.7 Å². The monoisotopic (exact) mass is 410 g/mol. The first kappa shape index (κ1) is 19.3. The largest absolute Gasteiger partial charge is 0.413 e. The Morgan fingerprint density at radius 3 is 2.42 bits per heavy atom. The van der Waals surface area contributed by atoms with Gasteiger partial charge in [0, 0.05) is 5.39 Å². The van der Waals surface area contributed by atoms with Crippen molar-refractivity contribution < 1.29 is 4.43 Å². The third-order valence-corrected chi connectivity index (χ3v) is 9.90. The lowest BCUT2D eigenvalue weighted by atomic mass is 10.1. The van der Waals surface area contributed by atoms with E-state index in [0.29, 0.717) is 16.6 Å². The van der Waals surface area contributed by atoms with Crippen LogP contribution in [0.15, 0.2) is 27.6 Å². The molecule has 0 N–H and O–H groups in total. The van der Waals surface area contributed by atoms with Gasteiger partial charge < -0.3 is 4.43 Å². The normalized spacial score (nSPS) is 13.0. The summed E-state index contributed by atoms with van der Waals surface area (Å²) in [6.07, 6.45) is 0. The van der Waals surface area contributed by atoms with Gasteiger partial charge in [0.05, 0.1) is 18.0 Å². The average Bonchev–Trinajstić information content (AvgIpc) is 2.47. The highest BCUT2D eigenvalue weighted by Gasteiger charge is 2.37. The van der Waals surface area contributed by atoms with Crippen LogP contribution in [-0.2, 0) is 11.0 Å². The minimum Gasteiger partial charge on any atom is -0.413 e. The maximum atomic E-state index is 12.7. The molecule has 0 aliphatic rings. The average molecular weight is 411 g/mol. The summed E-state index contributed by atoms with van der Waals surface area (Å²) in [6.45, 7) is 15.6. The van der Waals surface area contributed by atoms with Gasteiger partial charge in [0.25, 0.3) is 5.56 Å². The molecule has 2 aromatic rings. The Hall–Kier alpha value is -0.983. The van der Waals surface area contributed by atoms with Crippen LogP contribution in [0.1, 0.15) is 46.2 Å². The highest BCUT2D eigenvalue weighted by atomic mass is 79.9. The van der Waals surface area contributed by atoms with Gasteiger partial charge in [0.15, 0.2) is 8.32 Å². The van der Waals surface area contributed by atoms with E-state index in [1.807, 2.05) is 32.0 Å². The molecule has 0 spiro atoms. The van der Waals surface area contributed by atoms with Crippen LogP contribution in [-0.4, -0.2) is 18.1 Å². The van der Waals surface area contributed by atoms with Crippen LogP contribution in [0.3, 0.4) is 0 Å². The van der Waals surface area contributed by atoms with E-state index in [4.69, 9.17) is 4.43 Å². The van der Waals surface area contributed by atoms with Crippen molar-refractivity contribution in [2.75, 3.05) is 0 Å². The summed E-state index contributed by atoms with van der Waals surface area (Å²) in [5.74, 6) is 0. The van der Waals surface area contributed by atoms with E-state index in [9.17, 15) is 4.79 Å². The molecule has 0 atom stereocenters. The third kappa shape index (κ3) is 3.81. The molecule has 0 radical (unpaired) electrons. The molecule has 1 aromatic carbocycles. The number of aromatic nitrogens is 2. The lowest BCUT2D eigenvalue weighted by Crippen LogP contribution is -2.40. The molecule has 0 fully saturated rings. The van der Waals surface area contributed by atoms with Gasteiger partial charge in [-0.05, 0) is 59.5 Å². The molecule has 24 heavy (non-hydrogen) atoms. The van der Waals surface area contributed by atoms with E-state index >= 15 is 0 Å². The second-order valence-electron chi connectivity index (χ2n) is 8.06. The van der Waals surface area contributed by atoms with Crippen molar-refractivity contribution in [2.24, 2.45) is 0 Å². The second-order valence-corrected chi connectivity index (χ2v) is 13.6. The maximum Gasteiger partial charge on any atom is 0.274 e. The fourth-order valence-corrected chi connectivity index (χ4v) is 3.66. The predicted molar refractivity (Wildman–Crippen MR) is 106 cm³/mol. The van der Waals surface area contributed by atoms with Gasteiger partial charge in [-0.25, -0.2) is 4.68 Å². The zero-order chi connectivity index (χ0) is 18.3. The van der Waals surface area contributed by atoms with Gasteiger partial charge in [-0.15, -0.1) is 0 Å². The van der Waals surface area contributed by atoms with Gasteiger partial charge in [0.2, 0.25) is 0 Å². The van der Waals surface area contributed by atoms with Crippen molar-refractivity contribution >= 4 is 35.0 Å². The Labute approximate surface area is 153 Å². The molecule has 0 amide bonds. The molecule has 0 unspecified atom stereocenters. The highest BCUT2D eigenvalue weighted by molar-refractivity contribution is 9.10. The van der Waals surface area contributed by atoms with E-state index in [1.54, 1.807) is 0 Å². The summed E-state index contributed by atoms with van der Waals surface area (Å²) >= 11 is 3.48. The fraction of sp³-hybridized carbons (Fsp3) is 0.556. The molecular formula is C18H27BrN2O2Si. The number of fused-ring (bicyclic) bond motifs is 1. The maximum absolute atomic E-state index is 12.7. The predicted octanol–water partition coefficient (Wildman–Crippen LogP) is 5.26. The van der Waals surface area contributed by atoms with Crippen molar-refractivity contribution in [1.82, 2.24) is 9.78 Å². The Morgan fingerprint density at radius 2 is 1.88 bits per heavy atom. The molecule has 1 aromatic heterocycles. The zero-order valence-electron chi connectivity index (χ0n) is 15.6. The number of benzene rings is 1. The zero-order valence-corrected chi connectivity index (χ0v) is 18.2. The van der Waals surface area contributed by atoms with Crippen LogP contribution >= 0.6 is 15.9 Å². The molecule has 2 rings (SSSR count). The number of rotatable bonds is 4. The first-order valence-electron chi connectivity index (χ1n) is 8.29. The Morgan fingerprint density at radius 1 is 1.25 bits per heavy atom. The lowest BCUT2D eigenvalue weighted by Gasteiger charge is -2.36. The van der Waals surface area contributed by atoms with Crippen LogP contribution in [0.2, 0.25) is 18.1 Å². The minimum absolute atomic E-state index is 0.0188. The van der Waals surface area contributed by atoms with E-state index in [1.165, 1.54) is 4.68 Å². The second kappa shape index (κ2) is 6.73. The summed E-state index contributed by atoms with van der Waals surface area (Å²) in [7, 11) is -1.81. The minimum atomic E-state index is -1.81. The molecule has 0 bridgehead atoms. The smallest absolute Gasteiger partial charge is 0.274 e. The third-order valence-electron chi connectivity index (χ3n) is 4.84. The van der Waals surface area contributed by atoms with Crippen molar-refractivity contribution in [2.45, 2.75) is 65.4 Å². The van der Waals surface area contributed by atoms with Crippen LogP contribution in [0.4, 0.5) is 0 Å². The first-order chi connectivity index (χ1) is 10.9. The summed E-state index contributed by atoms with van der Waals surface area (Å²) < 4.78 is 8.50. The molecule has 0 saturated heterocycles. The Bertz CT molecular complexity index is 807. The molecule has 132 valence electrons. The molecule has 1 heterocycles.